The summed E-state index contributed by atoms with van der Waals surface area (Å²) in [5, 5.41) is 3.19. The van der Waals surface area contributed by atoms with Gasteiger partial charge in [-0.05, 0) is 11.4 Å². The summed E-state index contributed by atoms with van der Waals surface area (Å²) in [5.41, 5.74) is 2.45. The van der Waals surface area contributed by atoms with Gasteiger partial charge in [-0.1, -0.05) is 6.07 Å². The second-order valence-electron chi connectivity index (χ2n) is 6.81. The summed E-state index contributed by atoms with van der Waals surface area (Å²) >= 11 is 3.49. The van der Waals surface area contributed by atoms with Crippen LogP contribution in [0.25, 0.3) is 10.7 Å². The molecule has 8 heteroatoms. The Kier molecular flexibility index (Phi) is 4.87. The normalized spacial score (nSPS) is 17.9. The van der Waals surface area contributed by atoms with E-state index in [2.05, 4.69) is 31.2 Å². The zero-order valence-electron chi connectivity index (χ0n) is 15.0. The highest BCUT2D eigenvalue weighted by Crippen LogP contribution is 2.27. The first-order chi connectivity index (χ1) is 13.3. The van der Waals surface area contributed by atoms with E-state index in [4.69, 9.17) is 9.72 Å². The SMILES string of the molecule is c1csc(-c2ncc3c(n2)CCN(Cc2cnc(N4CCOCC4)s2)C3)c1. The molecule has 0 aromatic carbocycles. The molecule has 0 N–H and O–H groups in total. The predicted octanol–water partition coefficient (Wildman–Crippen LogP) is 3.06. The predicted molar refractivity (Wildman–Crippen MR) is 108 cm³/mol. The largest absolute Gasteiger partial charge is 0.378 e. The molecule has 140 valence electrons. The lowest BCUT2D eigenvalue weighted by molar-refractivity contribution is 0.122. The van der Waals surface area contributed by atoms with Crippen LogP contribution >= 0.6 is 22.7 Å². The Bertz CT molecular complexity index is 905. The molecule has 2 aliphatic heterocycles. The number of aromatic nitrogens is 3. The Morgan fingerprint density at radius 1 is 1.11 bits per heavy atom. The Balaban J connectivity index is 1.25. The molecule has 0 spiro atoms. The van der Waals surface area contributed by atoms with Crippen molar-refractivity contribution in [1.29, 1.82) is 0 Å². The number of nitrogens with zero attached hydrogens (tertiary/aromatic N) is 5. The minimum atomic E-state index is 0.797. The fraction of sp³-hybridized carbons (Fsp3) is 0.421. The molecular weight excluding hydrogens is 378 g/mol. The van der Waals surface area contributed by atoms with Crippen molar-refractivity contribution in [2.75, 3.05) is 37.7 Å². The first kappa shape index (κ1) is 17.2. The smallest absolute Gasteiger partial charge is 0.185 e. The molecule has 3 aromatic rings. The highest BCUT2D eigenvalue weighted by atomic mass is 32.1. The molecule has 6 nitrogen and oxygen atoms in total. The third-order valence-electron chi connectivity index (χ3n) is 4.96. The van der Waals surface area contributed by atoms with Gasteiger partial charge in [0.15, 0.2) is 11.0 Å². The Hall–Kier alpha value is -1.87. The summed E-state index contributed by atoms with van der Waals surface area (Å²) in [7, 11) is 0. The maximum atomic E-state index is 5.43. The molecule has 27 heavy (non-hydrogen) atoms. The van der Waals surface area contributed by atoms with Crippen molar-refractivity contribution in [3.63, 3.8) is 0 Å². The van der Waals surface area contributed by atoms with E-state index in [1.807, 2.05) is 18.5 Å². The van der Waals surface area contributed by atoms with Gasteiger partial charge in [0.05, 0.1) is 23.8 Å². The van der Waals surface area contributed by atoms with Gasteiger partial charge >= 0.3 is 0 Å². The number of morpholine rings is 1. The Morgan fingerprint density at radius 2 is 2.04 bits per heavy atom. The quantitative estimate of drug-likeness (QED) is 0.672. The van der Waals surface area contributed by atoms with E-state index < -0.39 is 0 Å². The number of rotatable bonds is 4. The van der Waals surface area contributed by atoms with Gasteiger partial charge in [-0.3, -0.25) is 4.90 Å². The van der Waals surface area contributed by atoms with Crippen molar-refractivity contribution in [2.45, 2.75) is 19.5 Å². The average Bonchev–Trinajstić information content (AvgIpc) is 3.41. The molecule has 1 saturated heterocycles. The van der Waals surface area contributed by atoms with Gasteiger partial charge < -0.3 is 9.64 Å². The van der Waals surface area contributed by atoms with Crippen LogP contribution in [0.1, 0.15) is 16.1 Å². The summed E-state index contributed by atoms with van der Waals surface area (Å²) < 4.78 is 5.43. The second-order valence-corrected chi connectivity index (χ2v) is 8.85. The summed E-state index contributed by atoms with van der Waals surface area (Å²) in [4.78, 5) is 21.3. The van der Waals surface area contributed by atoms with Gasteiger partial charge in [0.25, 0.3) is 0 Å². The van der Waals surface area contributed by atoms with Gasteiger partial charge in [-0.25, -0.2) is 15.0 Å². The number of hydrogen-bond acceptors (Lipinski definition) is 8. The van der Waals surface area contributed by atoms with Gasteiger partial charge in [0.1, 0.15) is 0 Å². The molecular formula is C19H21N5OS2. The molecule has 0 radical (unpaired) electrons. The van der Waals surface area contributed by atoms with Crippen molar-refractivity contribution in [2.24, 2.45) is 0 Å². The fourth-order valence-electron chi connectivity index (χ4n) is 3.53. The van der Waals surface area contributed by atoms with Crippen molar-refractivity contribution in [1.82, 2.24) is 19.9 Å². The first-order valence-electron chi connectivity index (χ1n) is 9.23. The number of fused-ring (bicyclic) bond motifs is 1. The number of thiophene rings is 1. The summed E-state index contributed by atoms with van der Waals surface area (Å²) in [6, 6.07) is 4.13. The first-order valence-corrected chi connectivity index (χ1v) is 10.9. The Morgan fingerprint density at radius 3 is 2.89 bits per heavy atom. The van der Waals surface area contributed by atoms with E-state index in [0.717, 1.165) is 68.2 Å². The van der Waals surface area contributed by atoms with Gasteiger partial charge in [0, 0.05) is 62.0 Å². The standard InChI is InChI=1S/C19H21N5OS2/c1-2-17(26-9-1)18-20-10-14-12-23(4-3-16(14)22-18)13-15-11-21-19(27-15)24-5-7-25-8-6-24/h1-2,9-11H,3-8,12-13H2. The molecule has 0 atom stereocenters. The molecule has 0 aliphatic carbocycles. The minimum Gasteiger partial charge on any atom is -0.378 e. The molecule has 0 saturated carbocycles. The van der Waals surface area contributed by atoms with Crippen molar-refractivity contribution >= 4 is 27.8 Å². The molecule has 1 fully saturated rings. The monoisotopic (exact) mass is 399 g/mol. The number of thiazole rings is 1. The topological polar surface area (TPSA) is 54.4 Å². The Labute approximate surface area is 166 Å². The zero-order chi connectivity index (χ0) is 18.1. The van der Waals surface area contributed by atoms with Crippen LogP contribution < -0.4 is 4.90 Å². The summed E-state index contributed by atoms with van der Waals surface area (Å²) in [6.07, 6.45) is 5.02. The average molecular weight is 400 g/mol. The van der Waals surface area contributed by atoms with E-state index in [-0.39, 0.29) is 0 Å². The lowest BCUT2D eigenvalue weighted by atomic mass is 10.1. The molecule has 0 amide bonds. The molecule has 0 unspecified atom stereocenters. The van der Waals surface area contributed by atoms with Crippen LogP contribution in [0.5, 0.6) is 0 Å². The molecule has 3 aromatic heterocycles. The highest BCUT2D eigenvalue weighted by molar-refractivity contribution is 7.15. The van der Waals surface area contributed by atoms with Crippen LogP contribution in [0.2, 0.25) is 0 Å². The van der Waals surface area contributed by atoms with E-state index in [1.165, 1.54) is 16.1 Å². The van der Waals surface area contributed by atoms with E-state index in [0.29, 0.717) is 0 Å². The van der Waals surface area contributed by atoms with E-state index in [1.54, 1.807) is 22.7 Å². The molecule has 0 bridgehead atoms. The van der Waals surface area contributed by atoms with Crippen LogP contribution in [0, 0.1) is 0 Å². The third kappa shape index (κ3) is 3.75. The molecule has 5 heterocycles. The summed E-state index contributed by atoms with van der Waals surface area (Å²) in [5.74, 6) is 0.856. The van der Waals surface area contributed by atoms with Crippen LogP contribution in [-0.4, -0.2) is 52.7 Å². The van der Waals surface area contributed by atoms with Crippen molar-refractivity contribution < 1.29 is 4.74 Å². The lowest BCUT2D eigenvalue weighted by Crippen LogP contribution is -2.36. The highest BCUT2D eigenvalue weighted by Gasteiger charge is 2.21. The van der Waals surface area contributed by atoms with Crippen LogP contribution in [0.4, 0.5) is 5.13 Å². The fourth-order valence-corrected chi connectivity index (χ4v) is 5.19. The van der Waals surface area contributed by atoms with E-state index >= 15 is 0 Å². The maximum Gasteiger partial charge on any atom is 0.185 e. The second kappa shape index (κ2) is 7.63. The van der Waals surface area contributed by atoms with Crippen LogP contribution in [0.15, 0.2) is 29.9 Å². The molecule has 5 rings (SSSR count). The van der Waals surface area contributed by atoms with Gasteiger partial charge in [-0.15, -0.1) is 22.7 Å². The zero-order valence-corrected chi connectivity index (χ0v) is 16.6. The number of ether oxygens (including phenoxy) is 1. The molecule has 2 aliphatic rings. The minimum absolute atomic E-state index is 0.797. The third-order valence-corrected chi connectivity index (χ3v) is 6.87. The number of anilines is 1. The maximum absolute atomic E-state index is 5.43. The van der Waals surface area contributed by atoms with Gasteiger partial charge in [0.2, 0.25) is 0 Å². The lowest BCUT2D eigenvalue weighted by Gasteiger charge is -2.27. The van der Waals surface area contributed by atoms with E-state index in [9.17, 15) is 0 Å². The van der Waals surface area contributed by atoms with Gasteiger partial charge in [-0.2, -0.15) is 0 Å². The van der Waals surface area contributed by atoms with Crippen LogP contribution in [0.3, 0.4) is 0 Å². The van der Waals surface area contributed by atoms with Crippen LogP contribution in [-0.2, 0) is 24.2 Å². The van der Waals surface area contributed by atoms with Crippen molar-refractivity contribution in [3.05, 3.63) is 46.0 Å². The summed E-state index contributed by atoms with van der Waals surface area (Å²) in [6.45, 7) is 6.34. The van der Waals surface area contributed by atoms with Crippen molar-refractivity contribution in [3.8, 4) is 10.7 Å². The number of hydrogen-bond donors (Lipinski definition) is 0.